The molecule has 1 fully saturated rings. The average molecular weight is 511 g/mol. The first-order valence-electron chi connectivity index (χ1n) is 12.1. The number of pyridine rings is 2. The first kappa shape index (κ1) is 26.1. The minimum atomic E-state index is -4.62. The number of hydrogen-bond acceptors (Lipinski definition) is 7. The van der Waals surface area contributed by atoms with E-state index in [4.69, 9.17) is 10.5 Å². The Balaban J connectivity index is 1.43. The van der Waals surface area contributed by atoms with Crippen LogP contribution < -0.4 is 20.7 Å². The number of benzene rings is 1. The van der Waals surface area contributed by atoms with Crippen molar-refractivity contribution in [2.45, 2.75) is 32.4 Å². The lowest BCUT2D eigenvalue weighted by Crippen LogP contribution is -2.34. The summed E-state index contributed by atoms with van der Waals surface area (Å²) in [5.41, 5.74) is 6.90. The van der Waals surface area contributed by atoms with Gasteiger partial charge in [-0.2, -0.15) is 18.4 Å². The van der Waals surface area contributed by atoms with Gasteiger partial charge in [-0.25, -0.2) is 9.97 Å². The predicted octanol–water partition coefficient (Wildman–Crippen LogP) is 5.65. The Kier molecular flexibility index (Phi) is 7.71. The van der Waals surface area contributed by atoms with Crippen LogP contribution in [0.3, 0.4) is 0 Å². The lowest BCUT2D eigenvalue weighted by atomic mass is 9.94. The number of hydrogen-bond donors (Lipinski definition) is 2. The van der Waals surface area contributed by atoms with Gasteiger partial charge in [0.2, 0.25) is 0 Å². The molecule has 0 saturated carbocycles. The fourth-order valence-corrected chi connectivity index (χ4v) is 4.52. The second-order valence-electron chi connectivity index (χ2n) is 9.09. The fraction of sp³-hybridized carbons (Fsp3) is 0.370. The molecule has 3 aromatic rings. The van der Waals surface area contributed by atoms with Gasteiger partial charge in [0.15, 0.2) is 5.69 Å². The fourth-order valence-electron chi connectivity index (χ4n) is 4.52. The molecular weight excluding hydrogens is 481 g/mol. The lowest BCUT2D eigenvalue weighted by Gasteiger charge is -2.33. The molecule has 194 valence electrons. The summed E-state index contributed by atoms with van der Waals surface area (Å²) in [6, 6.07) is 13.2. The van der Waals surface area contributed by atoms with Gasteiger partial charge in [-0.05, 0) is 68.5 Å². The monoisotopic (exact) mass is 510 g/mol. The maximum atomic E-state index is 13.9. The molecule has 0 aliphatic carbocycles. The van der Waals surface area contributed by atoms with Gasteiger partial charge in [0, 0.05) is 31.4 Å². The van der Waals surface area contributed by atoms with E-state index in [1.54, 1.807) is 7.05 Å². The number of ether oxygens (including phenoxy) is 1. The normalized spacial score (nSPS) is 14.3. The van der Waals surface area contributed by atoms with Crippen LogP contribution in [0.2, 0.25) is 0 Å². The molecular formula is C27H29F3N6O. The van der Waals surface area contributed by atoms with E-state index in [0.29, 0.717) is 18.0 Å². The molecule has 0 radical (unpaired) electrons. The third-order valence-electron chi connectivity index (χ3n) is 6.61. The Labute approximate surface area is 214 Å². The summed E-state index contributed by atoms with van der Waals surface area (Å²) in [7, 11) is 1.61. The topological polar surface area (TPSA) is 100 Å². The number of nitrogens with zero attached hydrogens (tertiary/aromatic N) is 4. The zero-order valence-corrected chi connectivity index (χ0v) is 20.8. The molecule has 3 N–H and O–H groups in total. The average Bonchev–Trinajstić information content (AvgIpc) is 2.89. The highest BCUT2D eigenvalue weighted by Crippen LogP contribution is 2.39. The number of anilines is 3. The second kappa shape index (κ2) is 10.9. The van der Waals surface area contributed by atoms with E-state index in [-0.39, 0.29) is 35.0 Å². The van der Waals surface area contributed by atoms with Crippen molar-refractivity contribution in [3.05, 3.63) is 59.4 Å². The van der Waals surface area contributed by atoms with Crippen molar-refractivity contribution >= 4 is 17.2 Å². The number of aromatic nitrogens is 2. The van der Waals surface area contributed by atoms with E-state index >= 15 is 0 Å². The van der Waals surface area contributed by atoms with Crippen LogP contribution in [0, 0.1) is 24.2 Å². The van der Waals surface area contributed by atoms with Crippen molar-refractivity contribution in [2.24, 2.45) is 5.92 Å². The van der Waals surface area contributed by atoms with Crippen LogP contribution in [0.1, 0.15) is 36.2 Å². The van der Waals surface area contributed by atoms with Gasteiger partial charge in [-0.1, -0.05) is 6.07 Å². The van der Waals surface area contributed by atoms with Gasteiger partial charge in [-0.3, -0.25) is 0 Å². The van der Waals surface area contributed by atoms with Gasteiger partial charge in [0.05, 0.1) is 29.2 Å². The number of aryl methyl sites for hydroxylation is 1. The van der Waals surface area contributed by atoms with Gasteiger partial charge < -0.3 is 20.7 Å². The van der Waals surface area contributed by atoms with E-state index < -0.39 is 11.7 Å². The lowest BCUT2D eigenvalue weighted by molar-refractivity contribution is -0.138. The number of piperidine rings is 1. The maximum Gasteiger partial charge on any atom is 0.419 e. The summed E-state index contributed by atoms with van der Waals surface area (Å²) in [6.45, 7) is 3.87. The predicted molar refractivity (Wildman–Crippen MR) is 137 cm³/mol. The number of nitrogen functional groups attached to an aromatic ring is 1. The SMILES string of the molecule is CNc1cc(-c2ccc(OCCC3CCN(c4cccc(C)n4)CC3)c(C(F)(F)F)c2)nc(C#N)c1N. The summed E-state index contributed by atoms with van der Waals surface area (Å²) in [5, 5.41) is 12.1. The van der Waals surface area contributed by atoms with Gasteiger partial charge >= 0.3 is 6.18 Å². The van der Waals surface area contributed by atoms with Crippen molar-refractivity contribution in [1.82, 2.24) is 9.97 Å². The Morgan fingerprint density at radius 1 is 1.16 bits per heavy atom. The quantitative estimate of drug-likeness (QED) is 0.424. The van der Waals surface area contributed by atoms with Crippen LogP contribution in [0.15, 0.2) is 42.5 Å². The summed E-state index contributed by atoms with van der Waals surface area (Å²) in [4.78, 5) is 11.0. The van der Waals surface area contributed by atoms with Crippen LogP contribution in [0.4, 0.5) is 30.4 Å². The van der Waals surface area contributed by atoms with Crippen molar-refractivity contribution in [3.63, 3.8) is 0 Å². The zero-order valence-electron chi connectivity index (χ0n) is 20.8. The molecule has 0 bridgehead atoms. The molecule has 3 heterocycles. The number of alkyl halides is 3. The first-order valence-corrected chi connectivity index (χ1v) is 12.1. The van der Waals surface area contributed by atoms with Gasteiger partial charge in [0.1, 0.15) is 17.6 Å². The number of halogens is 3. The Morgan fingerprint density at radius 3 is 2.57 bits per heavy atom. The molecule has 0 unspecified atom stereocenters. The summed E-state index contributed by atoms with van der Waals surface area (Å²) >= 11 is 0. The van der Waals surface area contributed by atoms with Crippen LogP contribution in [-0.2, 0) is 6.18 Å². The van der Waals surface area contributed by atoms with Gasteiger partial charge in [-0.15, -0.1) is 0 Å². The van der Waals surface area contributed by atoms with Crippen molar-refractivity contribution in [2.75, 3.05) is 42.7 Å². The largest absolute Gasteiger partial charge is 0.493 e. The van der Waals surface area contributed by atoms with Gasteiger partial charge in [0.25, 0.3) is 0 Å². The van der Waals surface area contributed by atoms with Crippen LogP contribution in [-0.4, -0.2) is 36.7 Å². The number of rotatable bonds is 7. The molecule has 7 nitrogen and oxygen atoms in total. The second-order valence-corrected chi connectivity index (χ2v) is 9.09. The Bertz CT molecular complexity index is 1300. The third-order valence-corrected chi connectivity index (χ3v) is 6.61. The molecule has 1 saturated heterocycles. The highest BCUT2D eigenvalue weighted by molar-refractivity contribution is 5.77. The summed E-state index contributed by atoms with van der Waals surface area (Å²) in [6.07, 6.45) is -2.08. The van der Waals surface area contributed by atoms with Crippen LogP contribution in [0.25, 0.3) is 11.3 Å². The number of nitrogens with two attached hydrogens (primary N) is 1. The summed E-state index contributed by atoms with van der Waals surface area (Å²) < 4.78 is 47.4. The highest BCUT2D eigenvalue weighted by atomic mass is 19.4. The minimum Gasteiger partial charge on any atom is -0.493 e. The third kappa shape index (κ3) is 6.05. The molecule has 1 aliphatic rings. The Hall–Kier alpha value is -4.00. The smallest absolute Gasteiger partial charge is 0.419 e. The van der Waals surface area contributed by atoms with Crippen LogP contribution in [0.5, 0.6) is 5.75 Å². The van der Waals surface area contributed by atoms with E-state index in [1.807, 2.05) is 31.2 Å². The molecule has 2 aromatic heterocycles. The molecule has 4 rings (SSSR count). The molecule has 0 atom stereocenters. The zero-order chi connectivity index (χ0) is 26.6. The minimum absolute atomic E-state index is 0.0556. The maximum absolute atomic E-state index is 13.9. The summed E-state index contributed by atoms with van der Waals surface area (Å²) in [5.74, 6) is 1.12. The molecule has 10 heteroatoms. The highest BCUT2D eigenvalue weighted by Gasteiger charge is 2.35. The number of nitriles is 1. The molecule has 1 aromatic carbocycles. The van der Waals surface area contributed by atoms with Crippen molar-refractivity contribution in [3.8, 4) is 23.1 Å². The van der Waals surface area contributed by atoms with E-state index in [0.717, 1.165) is 43.5 Å². The standard InChI is InChI=1S/C27H29F3N6O/c1-17-4-3-5-25(34-17)36-11-8-18(9-12-36)10-13-37-24-7-6-19(14-20(24)27(28,29)30)21-15-22(33-2)26(32)23(16-31)35-21/h3-7,14-15,18H,8-13,32H2,1-2H3,(H,33,35). The molecule has 0 amide bonds. The van der Waals surface area contributed by atoms with E-state index in [2.05, 4.69) is 20.2 Å². The Morgan fingerprint density at radius 2 is 1.92 bits per heavy atom. The first-order chi connectivity index (χ1) is 17.7. The van der Waals surface area contributed by atoms with Crippen LogP contribution >= 0.6 is 0 Å². The van der Waals surface area contributed by atoms with E-state index in [1.165, 1.54) is 18.2 Å². The molecule has 1 aliphatic heterocycles. The van der Waals surface area contributed by atoms with Crippen molar-refractivity contribution < 1.29 is 17.9 Å². The van der Waals surface area contributed by atoms with E-state index in [9.17, 15) is 18.4 Å². The molecule has 0 spiro atoms. The number of nitrogens with one attached hydrogen (secondary N) is 1. The van der Waals surface area contributed by atoms with Crippen molar-refractivity contribution in [1.29, 1.82) is 5.26 Å². The molecule has 37 heavy (non-hydrogen) atoms.